The molecule has 1 saturated carbocycles. The lowest BCUT2D eigenvalue weighted by atomic mass is 9.68. The van der Waals surface area contributed by atoms with Crippen LogP contribution in [-0.2, 0) is 0 Å². The fourth-order valence-electron chi connectivity index (χ4n) is 3.30. The molecule has 1 aliphatic carbocycles. The first-order valence-electron chi connectivity index (χ1n) is 7.37. The molecule has 0 heterocycles. The summed E-state index contributed by atoms with van der Waals surface area (Å²) in [7, 11) is 2.04. The molecule has 3 heteroatoms. The molecule has 3 atom stereocenters. The number of hydrogen-bond acceptors (Lipinski definition) is 3. The molecule has 0 radical (unpaired) electrons. The quantitative estimate of drug-likeness (QED) is 0.854. The van der Waals surface area contributed by atoms with Gasteiger partial charge in [-0.15, -0.1) is 0 Å². The van der Waals surface area contributed by atoms with Gasteiger partial charge in [-0.25, -0.2) is 0 Å². The molecule has 1 rings (SSSR count). The molecule has 1 N–H and O–H groups in total. The van der Waals surface area contributed by atoms with Crippen molar-refractivity contribution >= 4 is 0 Å². The van der Waals surface area contributed by atoms with Crippen molar-refractivity contribution < 1.29 is 5.11 Å². The maximum Gasteiger partial charge on any atom is 0.0718 e. The highest BCUT2D eigenvalue weighted by Crippen LogP contribution is 2.41. The maximum absolute atomic E-state index is 9.98. The molecular formula is C16H30N2O. The summed E-state index contributed by atoms with van der Waals surface area (Å²) in [5.41, 5.74) is -0.405. The van der Waals surface area contributed by atoms with Gasteiger partial charge in [0.1, 0.15) is 0 Å². The van der Waals surface area contributed by atoms with Crippen LogP contribution in [0.1, 0.15) is 53.9 Å². The summed E-state index contributed by atoms with van der Waals surface area (Å²) in [5, 5.41) is 19.3. The Balaban J connectivity index is 2.78. The highest BCUT2D eigenvalue weighted by atomic mass is 16.3. The predicted octanol–water partition coefficient (Wildman–Crippen LogP) is 3.04. The summed E-state index contributed by atoms with van der Waals surface area (Å²) in [6, 6.07) is 2.74. The molecule has 0 spiro atoms. The fourth-order valence-corrected chi connectivity index (χ4v) is 3.30. The second kappa shape index (κ2) is 5.81. The van der Waals surface area contributed by atoms with Gasteiger partial charge >= 0.3 is 0 Å². The molecule has 1 fully saturated rings. The number of aliphatic hydroxyl groups is 1. The number of nitrogens with zero attached hydrogens (tertiary/aromatic N) is 2. The van der Waals surface area contributed by atoms with Gasteiger partial charge < -0.3 is 5.11 Å². The van der Waals surface area contributed by atoms with E-state index in [1.807, 2.05) is 20.9 Å². The maximum atomic E-state index is 9.98. The minimum Gasteiger partial charge on any atom is -0.389 e. The van der Waals surface area contributed by atoms with Crippen molar-refractivity contribution in [1.82, 2.24) is 4.90 Å². The van der Waals surface area contributed by atoms with Gasteiger partial charge in [-0.1, -0.05) is 20.8 Å². The van der Waals surface area contributed by atoms with Crippen LogP contribution in [0, 0.1) is 28.6 Å². The Hall–Kier alpha value is -0.590. The molecule has 0 aliphatic heterocycles. The molecule has 1 aliphatic rings. The van der Waals surface area contributed by atoms with Crippen LogP contribution in [-0.4, -0.2) is 35.2 Å². The third kappa shape index (κ3) is 4.78. The van der Waals surface area contributed by atoms with Gasteiger partial charge in [-0.3, -0.25) is 4.90 Å². The van der Waals surface area contributed by atoms with E-state index in [-0.39, 0.29) is 12.0 Å². The third-order valence-corrected chi connectivity index (χ3v) is 4.41. The van der Waals surface area contributed by atoms with Gasteiger partial charge in [0.05, 0.1) is 17.6 Å². The molecule has 3 nitrogen and oxygen atoms in total. The molecule has 0 bridgehead atoms. The van der Waals surface area contributed by atoms with Crippen LogP contribution in [0.15, 0.2) is 0 Å². The first-order chi connectivity index (χ1) is 8.54. The normalized spacial score (nSPS) is 29.3. The highest BCUT2D eigenvalue weighted by molar-refractivity contribution is 4.99. The second-order valence-corrected chi connectivity index (χ2v) is 7.91. The molecule has 0 aromatic carbocycles. The number of hydrogen-bond donors (Lipinski definition) is 1. The number of likely N-dealkylation sites (N-methyl/N-ethyl adjacent to an activating group) is 1. The standard InChI is InChI=1S/C16H30N2O/c1-15(2,3)13-8-7-12(10-17)14(9-13)18(6)11-16(4,5)19/h12-14,19H,7-9,11H2,1-6H3. The van der Waals surface area contributed by atoms with Crippen molar-refractivity contribution in [2.24, 2.45) is 17.3 Å². The van der Waals surface area contributed by atoms with E-state index in [1.165, 1.54) is 0 Å². The van der Waals surface area contributed by atoms with Crippen molar-refractivity contribution in [1.29, 1.82) is 5.26 Å². The van der Waals surface area contributed by atoms with E-state index < -0.39 is 5.60 Å². The van der Waals surface area contributed by atoms with E-state index in [0.717, 1.165) is 19.3 Å². The monoisotopic (exact) mass is 266 g/mol. The Morgan fingerprint density at radius 2 is 1.79 bits per heavy atom. The second-order valence-electron chi connectivity index (χ2n) is 7.91. The first kappa shape index (κ1) is 16.5. The van der Waals surface area contributed by atoms with E-state index in [4.69, 9.17) is 0 Å². The topological polar surface area (TPSA) is 47.3 Å². The van der Waals surface area contributed by atoms with Crippen LogP contribution in [0.2, 0.25) is 0 Å². The molecule has 110 valence electrons. The van der Waals surface area contributed by atoms with Crippen molar-refractivity contribution in [3.63, 3.8) is 0 Å². The molecule has 0 aromatic rings. The van der Waals surface area contributed by atoms with Gasteiger partial charge in [-0.05, 0) is 51.5 Å². The lowest BCUT2D eigenvalue weighted by Gasteiger charge is -2.44. The minimum absolute atomic E-state index is 0.103. The first-order valence-corrected chi connectivity index (χ1v) is 7.37. The van der Waals surface area contributed by atoms with Gasteiger partial charge in [-0.2, -0.15) is 5.26 Å². The Labute approximate surface area is 118 Å². The van der Waals surface area contributed by atoms with Crippen LogP contribution in [0.4, 0.5) is 0 Å². The van der Waals surface area contributed by atoms with Crippen LogP contribution in [0.25, 0.3) is 0 Å². The highest BCUT2D eigenvalue weighted by Gasteiger charge is 2.38. The van der Waals surface area contributed by atoms with Crippen molar-refractivity contribution in [3.05, 3.63) is 0 Å². The Bertz CT molecular complexity index is 332. The van der Waals surface area contributed by atoms with Crippen LogP contribution in [0.3, 0.4) is 0 Å². The van der Waals surface area contributed by atoms with E-state index in [1.54, 1.807) is 0 Å². The van der Waals surface area contributed by atoms with Crippen LogP contribution in [0.5, 0.6) is 0 Å². The summed E-state index contributed by atoms with van der Waals surface area (Å²) < 4.78 is 0. The SMILES string of the molecule is CN(CC(C)(C)O)C1CC(C(C)(C)C)CCC1C#N. The predicted molar refractivity (Wildman–Crippen MR) is 78.6 cm³/mol. The van der Waals surface area contributed by atoms with Gasteiger partial charge in [0.25, 0.3) is 0 Å². The van der Waals surface area contributed by atoms with Gasteiger partial charge in [0, 0.05) is 12.6 Å². The smallest absolute Gasteiger partial charge is 0.0718 e. The average molecular weight is 266 g/mol. The van der Waals surface area contributed by atoms with Crippen LogP contribution >= 0.6 is 0 Å². The zero-order valence-electron chi connectivity index (χ0n) is 13.4. The number of nitriles is 1. The Morgan fingerprint density at radius 1 is 1.21 bits per heavy atom. The molecular weight excluding hydrogens is 236 g/mol. The molecule has 19 heavy (non-hydrogen) atoms. The zero-order chi connectivity index (χ0) is 14.8. The Morgan fingerprint density at radius 3 is 2.21 bits per heavy atom. The molecule has 0 saturated heterocycles. The van der Waals surface area contributed by atoms with Crippen molar-refractivity contribution in [2.75, 3.05) is 13.6 Å². The third-order valence-electron chi connectivity index (χ3n) is 4.41. The summed E-state index contributed by atoms with van der Waals surface area (Å²) in [4.78, 5) is 2.19. The molecule has 0 aromatic heterocycles. The minimum atomic E-state index is -0.705. The van der Waals surface area contributed by atoms with Crippen molar-refractivity contribution in [2.45, 2.75) is 65.5 Å². The lowest BCUT2D eigenvalue weighted by Crippen LogP contribution is -2.48. The Kier molecular flexibility index (Phi) is 5.03. The lowest BCUT2D eigenvalue weighted by molar-refractivity contribution is 0.00375. The van der Waals surface area contributed by atoms with Gasteiger partial charge in [0.15, 0.2) is 0 Å². The summed E-state index contributed by atoms with van der Waals surface area (Å²) in [5.74, 6) is 0.761. The van der Waals surface area contributed by atoms with Gasteiger partial charge in [0.2, 0.25) is 0 Å². The van der Waals surface area contributed by atoms with E-state index in [0.29, 0.717) is 17.9 Å². The summed E-state index contributed by atoms with van der Waals surface area (Å²) in [6.45, 7) is 11.1. The average Bonchev–Trinajstić information content (AvgIpc) is 2.24. The van der Waals surface area contributed by atoms with Crippen molar-refractivity contribution in [3.8, 4) is 6.07 Å². The zero-order valence-corrected chi connectivity index (χ0v) is 13.4. The van der Waals surface area contributed by atoms with Crippen LogP contribution < -0.4 is 0 Å². The largest absolute Gasteiger partial charge is 0.389 e. The molecule has 3 unspecified atom stereocenters. The van der Waals surface area contributed by atoms with E-state index >= 15 is 0 Å². The summed E-state index contributed by atoms with van der Waals surface area (Å²) >= 11 is 0. The van der Waals surface area contributed by atoms with E-state index in [9.17, 15) is 10.4 Å². The number of rotatable bonds is 3. The molecule has 0 amide bonds. The summed E-state index contributed by atoms with van der Waals surface area (Å²) in [6.07, 6.45) is 3.20. The van der Waals surface area contributed by atoms with E-state index in [2.05, 4.69) is 31.7 Å². The fraction of sp³-hybridized carbons (Fsp3) is 0.938.